The number of hydrogen-bond donors (Lipinski definition) is 2. The number of amides is 1. The molecule has 0 aliphatic heterocycles. The zero-order chi connectivity index (χ0) is 17.5. The molecule has 1 aromatic carbocycles. The van der Waals surface area contributed by atoms with Crippen LogP contribution in [0.5, 0.6) is 0 Å². The zero-order valence-electron chi connectivity index (χ0n) is 13.3. The summed E-state index contributed by atoms with van der Waals surface area (Å²) in [5.74, 6) is 0.328. The lowest BCUT2D eigenvalue weighted by atomic mass is 10.2. The molecule has 6 nitrogen and oxygen atoms in total. The van der Waals surface area contributed by atoms with Crippen LogP contribution in [0.4, 0.5) is 5.82 Å². The molecule has 0 saturated heterocycles. The average molecular weight is 354 g/mol. The lowest BCUT2D eigenvalue weighted by Gasteiger charge is -2.07. The van der Waals surface area contributed by atoms with E-state index in [1.807, 2.05) is 36.4 Å². The van der Waals surface area contributed by atoms with Crippen LogP contribution in [0.15, 0.2) is 60.9 Å². The summed E-state index contributed by atoms with van der Waals surface area (Å²) in [6, 6.07) is 14.6. The number of nitrogens with zero attached hydrogens (tertiary/aromatic N) is 3. The summed E-state index contributed by atoms with van der Waals surface area (Å²) in [6.07, 6.45) is 3.37. The molecule has 2 aromatic heterocycles. The average Bonchev–Trinajstić information content (AvgIpc) is 2.67. The number of nitrogens with one attached hydrogen (secondary N) is 2. The van der Waals surface area contributed by atoms with Crippen molar-refractivity contribution in [1.29, 1.82) is 0 Å². The van der Waals surface area contributed by atoms with Crippen LogP contribution in [-0.4, -0.2) is 21.1 Å². The number of carbonyl (C=O) groups excluding carboxylic acids is 1. The standard InChI is InChI=1S/C18H16ClN5O/c19-15-3-1-13(2-4-15)11-21-17-6-5-16(23-24-17)18(25)22-12-14-7-9-20-10-8-14/h1-10H,11-12H2,(H,21,24)(H,22,25). The van der Waals surface area contributed by atoms with E-state index in [9.17, 15) is 4.79 Å². The number of rotatable bonds is 6. The van der Waals surface area contributed by atoms with Gasteiger partial charge in [-0.15, -0.1) is 10.2 Å². The van der Waals surface area contributed by atoms with Gasteiger partial charge in [-0.3, -0.25) is 9.78 Å². The van der Waals surface area contributed by atoms with Crippen molar-refractivity contribution in [3.05, 3.63) is 82.8 Å². The predicted octanol–water partition coefficient (Wildman–Crippen LogP) is 3.07. The van der Waals surface area contributed by atoms with Crippen LogP contribution in [0.25, 0.3) is 0 Å². The maximum absolute atomic E-state index is 12.1. The molecule has 0 atom stereocenters. The van der Waals surface area contributed by atoms with Gasteiger partial charge in [0.15, 0.2) is 5.69 Å². The second-order valence-corrected chi connectivity index (χ2v) is 5.76. The SMILES string of the molecule is O=C(NCc1ccncc1)c1ccc(NCc2ccc(Cl)cc2)nn1. The van der Waals surface area contributed by atoms with Gasteiger partial charge in [-0.2, -0.15) is 0 Å². The van der Waals surface area contributed by atoms with Crippen LogP contribution < -0.4 is 10.6 Å². The summed E-state index contributed by atoms with van der Waals surface area (Å²) in [5.41, 5.74) is 2.31. The normalized spacial score (nSPS) is 10.3. The van der Waals surface area contributed by atoms with E-state index in [2.05, 4.69) is 25.8 Å². The minimum atomic E-state index is -0.270. The number of hydrogen-bond acceptors (Lipinski definition) is 5. The number of pyridine rings is 1. The van der Waals surface area contributed by atoms with Gasteiger partial charge in [0.25, 0.3) is 5.91 Å². The fraction of sp³-hybridized carbons (Fsp3) is 0.111. The first-order valence-electron chi connectivity index (χ1n) is 7.70. The van der Waals surface area contributed by atoms with E-state index in [1.54, 1.807) is 24.5 Å². The number of carbonyl (C=O) groups is 1. The van der Waals surface area contributed by atoms with Gasteiger partial charge in [-0.05, 0) is 47.5 Å². The highest BCUT2D eigenvalue weighted by Crippen LogP contribution is 2.11. The smallest absolute Gasteiger partial charge is 0.272 e. The molecule has 0 aliphatic carbocycles. The predicted molar refractivity (Wildman–Crippen MR) is 96.2 cm³/mol. The molecule has 0 aliphatic rings. The first-order valence-corrected chi connectivity index (χ1v) is 8.07. The van der Waals surface area contributed by atoms with Crippen LogP contribution in [0.1, 0.15) is 21.6 Å². The molecule has 126 valence electrons. The summed E-state index contributed by atoms with van der Waals surface area (Å²) >= 11 is 5.86. The molecule has 0 unspecified atom stereocenters. The molecule has 0 fully saturated rings. The fourth-order valence-electron chi connectivity index (χ4n) is 2.12. The lowest BCUT2D eigenvalue weighted by Crippen LogP contribution is -2.24. The summed E-state index contributed by atoms with van der Waals surface area (Å²) in [4.78, 5) is 16.0. The molecule has 3 aromatic rings. The Morgan fingerprint density at radius 2 is 1.60 bits per heavy atom. The number of anilines is 1. The van der Waals surface area contributed by atoms with Gasteiger partial charge < -0.3 is 10.6 Å². The molecule has 2 N–H and O–H groups in total. The van der Waals surface area contributed by atoms with E-state index >= 15 is 0 Å². The lowest BCUT2D eigenvalue weighted by molar-refractivity contribution is 0.0945. The number of halogens is 1. The van der Waals surface area contributed by atoms with E-state index in [-0.39, 0.29) is 11.6 Å². The minimum Gasteiger partial charge on any atom is -0.365 e. The third-order valence-corrected chi connectivity index (χ3v) is 3.74. The first kappa shape index (κ1) is 16.9. The van der Waals surface area contributed by atoms with Crippen molar-refractivity contribution in [2.24, 2.45) is 0 Å². The highest BCUT2D eigenvalue weighted by molar-refractivity contribution is 6.30. The van der Waals surface area contributed by atoms with Crippen LogP contribution in [0, 0.1) is 0 Å². The summed E-state index contributed by atoms with van der Waals surface area (Å²) in [5, 5.41) is 14.6. The molecule has 0 spiro atoms. The van der Waals surface area contributed by atoms with Crippen molar-refractivity contribution < 1.29 is 4.79 Å². The summed E-state index contributed by atoms with van der Waals surface area (Å²) < 4.78 is 0. The second kappa shape index (κ2) is 8.21. The number of aromatic nitrogens is 3. The topological polar surface area (TPSA) is 79.8 Å². The Morgan fingerprint density at radius 3 is 2.28 bits per heavy atom. The van der Waals surface area contributed by atoms with Crippen LogP contribution in [0.3, 0.4) is 0 Å². The first-order chi connectivity index (χ1) is 12.2. The van der Waals surface area contributed by atoms with Gasteiger partial charge in [0, 0.05) is 30.5 Å². The molecule has 7 heteroatoms. The van der Waals surface area contributed by atoms with Crippen LogP contribution in [-0.2, 0) is 13.1 Å². The van der Waals surface area contributed by atoms with E-state index in [4.69, 9.17) is 11.6 Å². The van der Waals surface area contributed by atoms with Crippen LogP contribution in [0.2, 0.25) is 5.02 Å². The zero-order valence-corrected chi connectivity index (χ0v) is 14.1. The minimum absolute atomic E-state index is 0.270. The van der Waals surface area contributed by atoms with Crippen molar-refractivity contribution in [2.75, 3.05) is 5.32 Å². The van der Waals surface area contributed by atoms with Crippen molar-refractivity contribution in [3.63, 3.8) is 0 Å². The van der Waals surface area contributed by atoms with Gasteiger partial charge in [0.2, 0.25) is 0 Å². The molecule has 3 rings (SSSR count). The Labute approximate surface area is 150 Å². The van der Waals surface area contributed by atoms with Crippen LogP contribution >= 0.6 is 11.6 Å². The molecule has 1 amide bonds. The van der Waals surface area contributed by atoms with Crippen molar-refractivity contribution in [3.8, 4) is 0 Å². The van der Waals surface area contributed by atoms with Gasteiger partial charge in [-0.25, -0.2) is 0 Å². The molecule has 0 radical (unpaired) electrons. The van der Waals surface area contributed by atoms with E-state index < -0.39 is 0 Å². The van der Waals surface area contributed by atoms with Gasteiger partial charge in [0.1, 0.15) is 5.82 Å². The van der Waals surface area contributed by atoms with Crippen molar-refractivity contribution in [2.45, 2.75) is 13.1 Å². The Kier molecular flexibility index (Phi) is 5.53. The summed E-state index contributed by atoms with van der Waals surface area (Å²) in [6.45, 7) is 1.01. The van der Waals surface area contributed by atoms with Crippen molar-refractivity contribution in [1.82, 2.24) is 20.5 Å². The number of benzene rings is 1. The van der Waals surface area contributed by atoms with Gasteiger partial charge >= 0.3 is 0 Å². The Bertz CT molecular complexity index is 822. The van der Waals surface area contributed by atoms with Gasteiger partial charge in [-0.1, -0.05) is 23.7 Å². The van der Waals surface area contributed by atoms with Gasteiger partial charge in [0.05, 0.1) is 0 Å². The Balaban J connectivity index is 1.52. The quantitative estimate of drug-likeness (QED) is 0.712. The second-order valence-electron chi connectivity index (χ2n) is 5.32. The van der Waals surface area contributed by atoms with E-state index in [0.29, 0.717) is 23.9 Å². The molecular formula is C18H16ClN5O. The molecule has 2 heterocycles. The Hall–Kier alpha value is -2.99. The molecule has 25 heavy (non-hydrogen) atoms. The Morgan fingerprint density at radius 1 is 0.880 bits per heavy atom. The van der Waals surface area contributed by atoms with E-state index in [1.165, 1.54) is 0 Å². The maximum atomic E-state index is 12.1. The molecule has 0 saturated carbocycles. The van der Waals surface area contributed by atoms with E-state index in [0.717, 1.165) is 11.1 Å². The highest BCUT2D eigenvalue weighted by Gasteiger charge is 2.08. The maximum Gasteiger partial charge on any atom is 0.272 e. The fourth-order valence-corrected chi connectivity index (χ4v) is 2.24. The van der Waals surface area contributed by atoms with Crippen molar-refractivity contribution >= 4 is 23.3 Å². The highest BCUT2D eigenvalue weighted by atomic mass is 35.5. The molecule has 0 bridgehead atoms. The summed E-state index contributed by atoms with van der Waals surface area (Å²) in [7, 11) is 0. The third-order valence-electron chi connectivity index (χ3n) is 3.49. The monoisotopic (exact) mass is 353 g/mol. The largest absolute Gasteiger partial charge is 0.365 e. The third kappa shape index (κ3) is 4.99. The molecular weight excluding hydrogens is 338 g/mol.